The Morgan fingerprint density at radius 2 is 1.79 bits per heavy atom. The Labute approximate surface area is 168 Å². The highest BCUT2D eigenvalue weighted by atomic mass is 16.7. The van der Waals surface area contributed by atoms with E-state index < -0.39 is 49.3 Å². The fourth-order valence-corrected chi connectivity index (χ4v) is 4.13. The van der Waals surface area contributed by atoms with Gasteiger partial charge in [-0.05, 0) is 41.7 Å². The van der Waals surface area contributed by atoms with Gasteiger partial charge in [0.05, 0.1) is 25.9 Å². The summed E-state index contributed by atoms with van der Waals surface area (Å²) in [5.41, 5.74) is 2.91. The van der Waals surface area contributed by atoms with Gasteiger partial charge in [0, 0.05) is 11.5 Å². The van der Waals surface area contributed by atoms with Gasteiger partial charge in [-0.2, -0.15) is 0 Å². The van der Waals surface area contributed by atoms with Crippen molar-refractivity contribution < 1.29 is 44.9 Å². The lowest BCUT2D eigenvalue weighted by molar-refractivity contribution is -0.300. The van der Waals surface area contributed by atoms with E-state index in [2.05, 4.69) is 0 Å². The van der Waals surface area contributed by atoms with Gasteiger partial charge in [-0.15, -0.1) is 0 Å². The summed E-state index contributed by atoms with van der Waals surface area (Å²) in [6, 6.07) is 1.64. The fourth-order valence-electron chi connectivity index (χ4n) is 4.13. The molecule has 0 amide bonds. The first-order valence-corrected chi connectivity index (χ1v) is 9.63. The molecule has 29 heavy (non-hydrogen) atoms. The standard InChI is InChI=1S/C20H28O9/c1-8-11(10(6-21)5-12-14(8)16(24)9(2)15(12)23)3-4-28-20-19(27)18(26)17(25)13(7-22)29-20/h5,9,13,15,17-23,25-27H,3-4,6-7H2,1-2H3/t9-,13+,15-,17+,18-,19+,20+/m0/s1. The molecule has 1 aliphatic carbocycles. The van der Waals surface area contributed by atoms with Crippen LogP contribution in [0.2, 0.25) is 0 Å². The molecule has 162 valence electrons. The van der Waals surface area contributed by atoms with Gasteiger partial charge in [0.15, 0.2) is 12.1 Å². The summed E-state index contributed by atoms with van der Waals surface area (Å²) in [6.07, 6.45) is -7.42. The van der Waals surface area contributed by atoms with Crippen molar-refractivity contribution in [3.63, 3.8) is 0 Å². The van der Waals surface area contributed by atoms with E-state index in [9.17, 15) is 35.4 Å². The highest BCUT2D eigenvalue weighted by Crippen LogP contribution is 2.40. The summed E-state index contributed by atoms with van der Waals surface area (Å²) < 4.78 is 10.8. The molecule has 9 nitrogen and oxygen atoms in total. The van der Waals surface area contributed by atoms with E-state index in [-0.39, 0.29) is 25.4 Å². The topological polar surface area (TPSA) is 157 Å². The first kappa shape index (κ1) is 22.3. The van der Waals surface area contributed by atoms with Crippen LogP contribution in [0.5, 0.6) is 0 Å². The number of ether oxygens (including phenoxy) is 2. The molecule has 7 atom stereocenters. The normalized spacial score (nSPS) is 34.5. The molecule has 2 aliphatic rings. The van der Waals surface area contributed by atoms with Crippen LogP contribution in [0.1, 0.15) is 45.6 Å². The summed E-state index contributed by atoms with van der Waals surface area (Å²) >= 11 is 0. The van der Waals surface area contributed by atoms with Crippen molar-refractivity contribution in [3.05, 3.63) is 33.9 Å². The molecule has 0 bridgehead atoms. The molecule has 0 spiro atoms. The van der Waals surface area contributed by atoms with Crippen LogP contribution in [-0.2, 0) is 22.5 Å². The van der Waals surface area contributed by atoms with Crippen LogP contribution in [0, 0.1) is 12.8 Å². The molecule has 0 saturated carbocycles. The van der Waals surface area contributed by atoms with E-state index in [0.717, 1.165) is 0 Å². The molecule has 0 radical (unpaired) electrons. The minimum Gasteiger partial charge on any atom is -0.394 e. The lowest BCUT2D eigenvalue weighted by Gasteiger charge is -2.39. The summed E-state index contributed by atoms with van der Waals surface area (Å²) in [5.74, 6) is -0.693. The molecule has 1 aromatic carbocycles. The molecule has 1 fully saturated rings. The van der Waals surface area contributed by atoms with Crippen molar-refractivity contribution in [1.29, 1.82) is 0 Å². The Hall–Kier alpha value is -1.43. The Morgan fingerprint density at radius 1 is 1.10 bits per heavy atom. The lowest BCUT2D eigenvalue weighted by Crippen LogP contribution is -2.59. The van der Waals surface area contributed by atoms with E-state index in [1.54, 1.807) is 19.9 Å². The molecular formula is C20H28O9. The van der Waals surface area contributed by atoms with Crippen molar-refractivity contribution >= 4 is 5.78 Å². The van der Waals surface area contributed by atoms with Gasteiger partial charge in [0.2, 0.25) is 0 Å². The number of carbonyl (C=O) groups is 1. The largest absolute Gasteiger partial charge is 0.394 e. The van der Waals surface area contributed by atoms with E-state index in [0.29, 0.717) is 27.8 Å². The van der Waals surface area contributed by atoms with Gasteiger partial charge >= 0.3 is 0 Å². The van der Waals surface area contributed by atoms with Crippen LogP contribution in [-0.4, -0.2) is 80.3 Å². The predicted octanol–water partition coefficient (Wildman–Crippen LogP) is -1.29. The van der Waals surface area contributed by atoms with Crippen molar-refractivity contribution in [1.82, 2.24) is 0 Å². The first-order valence-electron chi connectivity index (χ1n) is 9.63. The molecule has 3 rings (SSSR count). The summed E-state index contributed by atoms with van der Waals surface area (Å²) in [4.78, 5) is 12.5. The third-order valence-electron chi connectivity index (χ3n) is 5.94. The van der Waals surface area contributed by atoms with Crippen LogP contribution in [0.4, 0.5) is 0 Å². The molecular weight excluding hydrogens is 384 g/mol. The molecule has 9 heteroatoms. The average molecular weight is 412 g/mol. The predicted molar refractivity (Wildman–Crippen MR) is 99.0 cm³/mol. The number of hydrogen-bond acceptors (Lipinski definition) is 9. The van der Waals surface area contributed by atoms with Gasteiger partial charge in [-0.1, -0.05) is 6.92 Å². The van der Waals surface area contributed by atoms with Crippen LogP contribution in [0.15, 0.2) is 6.07 Å². The van der Waals surface area contributed by atoms with E-state index in [4.69, 9.17) is 9.47 Å². The Bertz CT molecular complexity index is 763. The van der Waals surface area contributed by atoms with E-state index >= 15 is 0 Å². The number of carbonyl (C=O) groups excluding carboxylic acids is 1. The zero-order valence-corrected chi connectivity index (χ0v) is 16.4. The number of benzene rings is 1. The van der Waals surface area contributed by atoms with E-state index in [1.807, 2.05) is 0 Å². The zero-order valence-electron chi connectivity index (χ0n) is 16.4. The minimum absolute atomic E-state index is 0.0294. The fraction of sp³-hybridized carbons (Fsp3) is 0.650. The van der Waals surface area contributed by atoms with E-state index in [1.165, 1.54) is 0 Å². The number of ketones is 1. The number of fused-ring (bicyclic) bond motifs is 1. The second-order valence-corrected chi connectivity index (χ2v) is 7.68. The molecule has 6 N–H and O–H groups in total. The number of aliphatic hydroxyl groups excluding tert-OH is 6. The molecule has 0 aromatic heterocycles. The third kappa shape index (κ3) is 3.85. The highest BCUT2D eigenvalue weighted by molar-refractivity contribution is 6.04. The number of Topliss-reactive ketones (excluding diaryl/α,β-unsaturated/α-hetero) is 1. The molecule has 1 aliphatic heterocycles. The number of hydrogen-bond donors (Lipinski definition) is 6. The molecule has 1 aromatic rings. The molecule has 0 unspecified atom stereocenters. The van der Waals surface area contributed by atoms with Gasteiger partial charge < -0.3 is 40.1 Å². The number of rotatable bonds is 6. The maximum Gasteiger partial charge on any atom is 0.186 e. The Kier molecular flexibility index (Phi) is 6.71. The van der Waals surface area contributed by atoms with Crippen molar-refractivity contribution in [3.8, 4) is 0 Å². The van der Waals surface area contributed by atoms with Crippen molar-refractivity contribution in [2.75, 3.05) is 13.2 Å². The second kappa shape index (κ2) is 8.75. The van der Waals surface area contributed by atoms with Gasteiger partial charge in [-0.3, -0.25) is 4.79 Å². The van der Waals surface area contributed by atoms with Gasteiger partial charge in [0.1, 0.15) is 24.4 Å². The van der Waals surface area contributed by atoms with Crippen molar-refractivity contribution in [2.24, 2.45) is 5.92 Å². The first-order chi connectivity index (χ1) is 13.7. The highest BCUT2D eigenvalue weighted by Gasteiger charge is 2.44. The molecule has 1 heterocycles. The summed E-state index contributed by atoms with van der Waals surface area (Å²) in [6.45, 7) is 2.61. The van der Waals surface area contributed by atoms with Gasteiger partial charge in [-0.25, -0.2) is 0 Å². The van der Waals surface area contributed by atoms with Gasteiger partial charge in [0.25, 0.3) is 0 Å². The summed E-state index contributed by atoms with van der Waals surface area (Å²) in [7, 11) is 0. The third-order valence-corrected chi connectivity index (χ3v) is 5.94. The maximum atomic E-state index is 12.5. The smallest absolute Gasteiger partial charge is 0.186 e. The quantitative estimate of drug-likeness (QED) is 0.335. The average Bonchev–Trinajstić information content (AvgIpc) is 2.93. The van der Waals surface area contributed by atoms with Crippen molar-refractivity contribution in [2.45, 2.75) is 63.7 Å². The van der Waals surface area contributed by atoms with Crippen LogP contribution in [0.25, 0.3) is 0 Å². The SMILES string of the molecule is Cc1c(CCO[C@@H]2O[C@H](CO)[C@@H](O)[C@H](O)[C@H]2O)c(CO)cc2c1C(=O)[C@@H](C)[C@@H]2O. The lowest BCUT2D eigenvalue weighted by atomic mass is 9.91. The Balaban J connectivity index is 1.75. The van der Waals surface area contributed by atoms with Crippen LogP contribution < -0.4 is 0 Å². The van der Waals surface area contributed by atoms with Crippen LogP contribution >= 0.6 is 0 Å². The monoisotopic (exact) mass is 412 g/mol. The number of aliphatic hydroxyl groups is 6. The van der Waals surface area contributed by atoms with Crippen LogP contribution in [0.3, 0.4) is 0 Å². The zero-order chi connectivity index (χ0) is 21.5. The summed E-state index contributed by atoms with van der Waals surface area (Å²) in [5, 5.41) is 59.0. The second-order valence-electron chi connectivity index (χ2n) is 7.68. The Morgan fingerprint density at radius 3 is 2.41 bits per heavy atom. The maximum absolute atomic E-state index is 12.5. The molecule has 1 saturated heterocycles. The minimum atomic E-state index is -1.53.